The summed E-state index contributed by atoms with van der Waals surface area (Å²) < 4.78 is 42.5. The van der Waals surface area contributed by atoms with Gasteiger partial charge in [-0.05, 0) is 46.5 Å². The molecule has 1 aliphatic rings. The largest absolute Gasteiger partial charge is 0.493 e. The zero-order valence-corrected chi connectivity index (χ0v) is 18.8. The van der Waals surface area contributed by atoms with Crippen LogP contribution in [-0.4, -0.2) is 46.4 Å². The monoisotopic (exact) mass is 428 g/mol. The Balaban J connectivity index is 2.00. The predicted octanol–water partition coefficient (Wildman–Crippen LogP) is 2.93. The van der Waals surface area contributed by atoms with Gasteiger partial charge in [-0.15, -0.1) is 0 Å². The van der Waals surface area contributed by atoms with Gasteiger partial charge in [-0.3, -0.25) is 4.79 Å². The molecule has 0 aliphatic heterocycles. The van der Waals surface area contributed by atoms with E-state index in [0.717, 1.165) is 0 Å². The van der Waals surface area contributed by atoms with E-state index in [-0.39, 0.29) is 17.9 Å². The second-order valence-corrected chi connectivity index (χ2v) is 10.7. The summed E-state index contributed by atoms with van der Waals surface area (Å²) >= 11 is 0. The molecule has 0 aromatic heterocycles. The van der Waals surface area contributed by atoms with Crippen LogP contribution in [0.2, 0.25) is 0 Å². The van der Waals surface area contributed by atoms with Gasteiger partial charge in [0.2, 0.25) is 21.7 Å². The molecule has 0 unspecified atom stereocenters. The van der Waals surface area contributed by atoms with Crippen molar-refractivity contribution in [1.29, 1.82) is 0 Å². The number of nitrogens with one attached hydrogen (secondary N) is 2. The van der Waals surface area contributed by atoms with Crippen molar-refractivity contribution in [2.24, 2.45) is 5.92 Å². The van der Waals surface area contributed by atoms with Crippen LogP contribution < -0.4 is 24.2 Å². The lowest BCUT2D eigenvalue weighted by atomic mass is 9.86. The predicted molar refractivity (Wildman–Crippen MR) is 112 cm³/mol. The Morgan fingerprint density at radius 2 is 1.48 bits per heavy atom. The lowest BCUT2D eigenvalue weighted by Crippen LogP contribution is -2.46. The Morgan fingerprint density at radius 1 is 0.966 bits per heavy atom. The first-order valence-corrected chi connectivity index (χ1v) is 11.1. The number of amides is 1. The molecule has 0 saturated heterocycles. The van der Waals surface area contributed by atoms with Crippen LogP contribution in [0, 0.1) is 5.92 Å². The van der Waals surface area contributed by atoms with Crippen LogP contribution in [0.15, 0.2) is 12.1 Å². The van der Waals surface area contributed by atoms with Gasteiger partial charge in [-0.25, -0.2) is 13.1 Å². The maximum atomic E-state index is 12.7. The topological polar surface area (TPSA) is 103 Å². The average Bonchev–Trinajstić information content (AvgIpc) is 2.66. The quantitative estimate of drug-likeness (QED) is 0.692. The molecular formula is C20H32N2O6S. The molecule has 8 nitrogen and oxygen atoms in total. The highest BCUT2D eigenvalue weighted by atomic mass is 32.2. The van der Waals surface area contributed by atoms with E-state index in [1.807, 2.05) is 0 Å². The molecule has 1 aromatic rings. The molecule has 1 aliphatic carbocycles. The smallest absolute Gasteiger partial charge is 0.227 e. The van der Waals surface area contributed by atoms with Gasteiger partial charge in [-0.2, -0.15) is 0 Å². The van der Waals surface area contributed by atoms with E-state index in [2.05, 4.69) is 10.0 Å². The molecule has 0 heterocycles. The minimum absolute atomic E-state index is 0.101. The van der Waals surface area contributed by atoms with Gasteiger partial charge in [0.1, 0.15) is 0 Å². The molecule has 1 saturated carbocycles. The van der Waals surface area contributed by atoms with Crippen LogP contribution in [0.4, 0.5) is 5.69 Å². The fourth-order valence-electron chi connectivity index (χ4n) is 3.27. The van der Waals surface area contributed by atoms with Crippen molar-refractivity contribution in [3.8, 4) is 17.2 Å². The van der Waals surface area contributed by atoms with Gasteiger partial charge in [0, 0.05) is 29.8 Å². The third kappa shape index (κ3) is 5.54. The van der Waals surface area contributed by atoms with Crippen molar-refractivity contribution < 1.29 is 27.4 Å². The first-order chi connectivity index (χ1) is 13.5. The number of hydrogen-bond donors (Lipinski definition) is 2. The minimum atomic E-state index is -3.40. The Labute approximate surface area is 173 Å². The molecule has 2 rings (SSSR count). The second-order valence-electron chi connectivity index (χ2n) is 8.19. The molecule has 1 aromatic carbocycles. The molecule has 0 spiro atoms. The fourth-order valence-corrected chi connectivity index (χ4v) is 4.30. The van der Waals surface area contributed by atoms with Crippen molar-refractivity contribution >= 4 is 21.6 Å². The number of benzene rings is 1. The third-order valence-corrected chi connectivity index (χ3v) is 7.41. The highest BCUT2D eigenvalue weighted by Crippen LogP contribution is 2.40. The van der Waals surface area contributed by atoms with E-state index in [0.29, 0.717) is 48.6 Å². The van der Waals surface area contributed by atoms with Gasteiger partial charge in [0.25, 0.3) is 0 Å². The van der Waals surface area contributed by atoms with Crippen LogP contribution in [0.3, 0.4) is 0 Å². The Morgan fingerprint density at radius 3 is 1.90 bits per heavy atom. The standard InChI is InChI=1S/C20H32N2O6S/c1-20(2,3)29(24,25)22-14-9-7-13(8-10-14)19(23)21-15-11-16(26-4)18(28-6)17(12-15)27-5/h11-14,22H,7-10H2,1-6H3,(H,21,23)/t13-,14-. The van der Waals surface area contributed by atoms with E-state index in [1.165, 1.54) is 21.3 Å². The van der Waals surface area contributed by atoms with Crippen molar-refractivity contribution in [1.82, 2.24) is 4.72 Å². The highest BCUT2D eigenvalue weighted by molar-refractivity contribution is 7.90. The van der Waals surface area contributed by atoms with Gasteiger partial charge < -0.3 is 19.5 Å². The normalized spacial score (nSPS) is 20.1. The molecule has 0 radical (unpaired) electrons. The molecule has 1 fully saturated rings. The molecule has 164 valence electrons. The van der Waals surface area contributed by atoms with E-state index in [4.69, 9.17) is 14.2 Å². The molecule has 2 N–H and O–H groups in total. The van der Waals surface area contributed by atoms with E-state index in [1.54, 1.807) is 32.9 Å². The van der Waals surface area contributed by atoms with Gasteiger partial charge >= 0.3 is 0 Å². The number of rotatable bonds is 7. The summed E-state index contributed by atoms with van der Waals surface area (Å²) in [6.07, 6.45) is 2.49. The SMILES string of the molecule is COc1cc(NC(=O)[C@H]2CC[C@H](NS(=O)(=O)C(C)(C)C)CC2)cc(OC)c1OC. The van der Waals surface area contributed by atoms with Crippen molar-refractivity contribution in [3.05, 3.63) is 12.1 Å². The molecule has 1 amide bonds. The molecule has 0 atom stereocenters. The van der Waals surface area contributed by atoms with Crippen molar-refractivity contribution in [3.63, 3.8) is 0 Å². The fraction of sp³-hybridized carbons (Fsp3) is 0.650. The Bertz CT molecular complexity index is 799. The van der Waals surface area contributed by atoms with E-state index in [9.17, 15) is 13.2 Å². The number of carbonyl (C=O) groups excluding carboxylic acids is 1. The summed E-state index contributed by atoms with van der Waals surface area (Å²) in [5.41, 5.74) is 0.556. The Hall–Kier alpha value is -2.00. The van der Waals surface area contributed by atoms with Crippen LogP contribution in [0.5, 0.6) is 17.2 Å². The van der Waals surface area contributed by atoms with Crippen LogP contribution in [-0.2, 0) is 14.8 Å². The molecular weight excluding hydrogens is 396 g/mol. The van der Waals surface area contributed by atoms with E-state index >= 15 is 0 Å². The maximum absolute atomic E-state index is 12.7. The first-order valence-electron chi connectivity index (χ1n) is 9.65. The number of ether oxygens (including phenoxy) is 3. The van der Waals surface area contributed by atoms with Crippen molar-refractivity contribution in [2.45, 2.75) is 57.2 Å². The van der Waals surface area contributed by atoms with Crippen LogP contribution in [0.1, 0.15) is 46.5 Å². The summed E-state index contributed by atoms with van der Waals surface area (Å²) in [5.74, 6) is 1.10. The lowest BCUT2D eigenvalue weighted by Gasteiger charge is -2.30. The average molecular weight is 429 g/mol. The summed E-state index contributed by atoms with van der Waals surface area (Å²) in [6, 6.07) is 3.23. The van der Waals surface area contributed by atoms with Crippen molar-refractivity contribution in [2.75, 3.05) is 26.6 Å². The van der Waals surface area contributed by atoms with Gasteiger partial charge in [0.05, 0.1) is 26.1 Å². The summed E-state index contributed by atoms with van der Waals surface area (Å²) in [6.45, 7) is 5.02. The number of sulfonamides is 1. The zero-order chi connectivity index (χ0) is 21.8. The second kappa shape index (κ2) is 9.21. The van der Waals surface area contributed by atoms with Gasteiger partial charge in [-0.1, -0.05) is 0 Å². The summed E-state index contributed by atoms with van der Waals surface area (Å²) in [7, 11) is 1.16. The van der Waals surface area contributed by atoms with Crippen LogP contribution >= 0.6 is 0 Å². The van der Waals surface area contributed by atoms with E-state index < -0.39 is 14.8 Å². The lowest BCUT2D eigenvalue weighted by molar-refractivity contribution is -0.120. The molecule has 29 heavy (non-hydrogen) atoms. The maximum Gasteiger partial charge on any atom is 0.227 e. The highest BCUT2D eigenvalue weighted by Gasteiger charge is 2.34. The number of carbonyl (C=O) groups is 1. The number of anilines is 1. The summed E-state index contributed by atoms with van der Waals surface area (Å²) in [4.78, 5) is 12.7. The molecule has 9 heteroatoms. The first kappa shape index (κ1) is 23.3. The number of methoxy groups -OCH3 is 3. The summed E-state index contributed by atoms with van der Waals surface area (Å²) in [5, 5.41) is 2.91. The minimum Gasteiger partial charge on any atom is -0.493 e. The Kier molecular flexibility index (Phi) is 7.40. The zero-order valence-electron chi connectivity index (χ0n) is 18.0. The molecule has 0 bridgehead atoms. The third-order valence-electron chi connectivity index (χ3n) is 5.16. The number of hydrogen-bond acceptors (Lipinski definition) is 6. The van der Waals surface area contributed by atoms with Gasteiger partial charge in [0.15, 0.2) is 11.5 Å². The van der Waals surface area contributed by atoms with Crippen LogP contribution in [0.25, 0.3) is 0 Å².